The number of piperidine rings is 1. The highest BCUT2D eigenvalue weighted by molar-refractivity contribution is 5.92. The molecule has 2 aliphatic rings. The van der Waals surface area contributed by atoms with E-state index in [1.807, 2.05) is 20.8 Å². The van der Waals surface area contributed by atoms with Crippen molar-refractivity contribution in [3.8, 4) is 0 Å². The summed E-state index contributed by atoms with van der Waals surface area (Å²) in [4.78, 5) is 33.3. The average Bonchev–Trinajstić information content (AvgIpc) is 3.60. The minimum Gasteiger partial charge on any atom is -0.481 e. The number of imidazole rings is 1. The molecule has 0 bridgehead atoms. The van der Waals surface area contributed by atoms with Crippen LogP contribution in [0.1, 0.15) is 56.2 Å². The Balaban J connectivity index is 1.40. The number of benzene rings is 2. The zero-order chi connectivity index (χ0) is 32.7. The number of hydrogen-bond donors (Lipinski definition) is 2. The van der Waals surface area contributed by atoms with E-state index in [1.54, 1.807) is 15.7 Å². The standard InChI is InChI=1S/C32H36F5N5O3/c1-31(2,3)42-17-24(23-7-6-22(33)15-26(23)34)25(18-42)28(43)39-30-38-10-13-41(30)16-20-4-5-21(32(35,36)37)14-27(20)40-11-8-19(9-12-40)29(44)45/h4-7,10,13-15,19,24-25H,8-9,11-12,16-18H2,1-3H3,(H,44,45)(H,38,39,43)/t24-,25?/m0/s1. The van der Waals surface area contributed by atoms with Gasteiger partial charge in [0.25, 0.3) is 0 Å². The van der Waals surface area contributed by atoms with Crippen LogP contribution in [0, 0.1) is 23.5 Å². The third kappa shape index (κ3) is 7.13. The molecule has 13 heteroatoms. The lowest BCUT2D eigenvalue weighted by atomic mass is 9.88. The number of carboxylic acids is 1. The average molecular weight is 634 g/mol. The number of likely N-dealkylation sites (tertiary alicyclic amines) is 1. The zero-order valence-corrected chi connectivity index (χ0v) is 25.2. The maximum absolute atomic E-state index is 14.9. The highest BCUT2D eigenvalue weighted by Gasteiger charge is 2.43. The van der Waals surface area contributed by atoms with E-state index in [-0.39, 0.29) is 36.7 Å². The Kier molecular flexibility index (Phi) is 8.94. The molecule has 2 atom stereocenters. The molecule has 8 nitrogen and oxygen atoms in total. The number of aromatic nitrogens is 2. The molecule has 3 aromatic rings. The fraction of sp³-hybridized carbons (Fsp3) is 0.469. The summed E-state index contributed by atoms with van der Waals surface area (Å²) in [6, 6.07) is 6.81. The summed E-state index contributed by atoms with van der Waals surface area (Å²) >= 11 is 0. The number of carbonyl (C=O) groups is 2. The molecular weight excluding hydrogens is 597 g/mol. The Bertz CT molecular complexity index is 1560. The SMILES string of the molecule is CC(C)(C)N1CC(C(=O)Nc2nccn2Cc2ccc(C(F)(F)F)cc2N2CCC(C(=O)O)CC2)[C@H](c2ccc(F)cc2F)C1. The predicted octanol–water partition coefficient (Wildman–Crippen LogP) is 5.98. The van der Waals surface area contributed by atoms with Crippen molar-refractivity contribution >= 4 is 23.5 Å². The molecular formula is C32H36F5N5O3. The molecule has 0 radical (unpaired) electrons. The van der Waals surface area contributed by atoms with Crippen LogP contribution in [0.15, 0.2) is 48.8 Å². The van der Waals surface area contributed by atoms with Gasteiger partial charge >= 0.3 is 12.1 Å². The molecule has 2 saturated heterocycles. The van der Waals surface area contributed by atoms with Crippen LogP contribution in [0.2, 0.25) is 0 Å². The van der Waals surface area contributed by atoms with Crippen LogP contribution in [0.25, 0.3) is 0 Å². The maximum Gasteiger partial charge on any atom is 0.416 e. The molecule has 0 saturated carbocycles. The van der Waals surface area contributed by atoms with Crippen LogP contribution in [0.4, 0.5) is 33.6 Å². The van der Waals surface area contributed by atoms with Crippen molar-refractivity contribution in [1.82, 2.24) is 14.5 Å². The van der Waals surface area contributed by atoms with Gasteiger partial charge in [0.05, 0.1) is 23.9 Å². The minimum absolute atomic E-state index is 0.0801. The van der Waals surface area contributed by atoms with E-state index in [9.17, 15) is 36.6 Å². The van der Waals surface area contributed by atoms with Crippen LogP contribution in [-0.4, -0.2) is 63.2 Å². The number of anilines is 2. The molecule has 1 unspecified atom stereocenters. The lowest BCUT2D eigenvalue weighted by Gasteiger charge is -2.34. The van der Waals surface area contributed by atoms with E-state index in [4.69, 9.17) is 0 Å². The molecule has 242 valence electrons. The lowest BCUT2D eigenvalue weighted by molar-refractivity contribution is -0.142. The van der Waals surface area contributed by atoms with Crippen molar-refractivity contribution in [2.75, 3.05) is 36.4 Å². The largest absolute Gasteiger partial charge is 0.481 e. The van der Waals surface area contributed by atoms with Crippen molar-refractivity contribution < 1.29 is 36.6 Å². The second-order valence-corrected chi connectivity index (χ2v) is 12.8. The first-order valence-electron chi connectivity index (χ1n) is 14.8. The molecule has 45 heavy (non-hydrogen) atoms. The predicted molar refractivity (Wildman–Crippen MR) is 158 cm³/mol. The van der Waals surface area contributed by atoms with Gasteiger partial charge in [0.2, 0.25) is 11.9 Å². The van der Waals surface area contributed by atoms with E-state index < -0.39 is 53.0 Å². The zero-order valence-electron chi connectivity index (χ0n) is 25.2. The molecule has 5 rings (SSSR count). The van der Waals surface area contributed by atoms with Crippen LogP contribution >= 0.6 is 0 Å². The van der Waals surface area contributed by atoms with Gasteiger partial charge in [0.15, 0.2) is 0 Å². The Hall–Kier alpha value is -4.00. The third-order valence-corrected chi connectivity index (χ3v) is 8.86. The molecule has 1 amide bonds. The normalized spacial score (nSPS) is 20.0. The smallest absolute Gasteiger partial charge is 0.416 e. The van der Waals surface area contributed by atoms with Gasteiger partial charge in [-0.3, -0.25) is 19.8 Å². The fourth-order valence-electron chi connectivity index (χ4n) is 6.22. The molecule has 0 aliphatic carbocycles. The van der Waals surface area contributed by atoms with Crippen molar-refractivity contribution in [2.45, 2.75) is 57.8 Å². The van der Waals surface area contributed by atoms with Crippen LogP contribution < -0.4 is 10.2 Å². The van der Waals surface area contributed by atoms with Crippen molar-refractivity contribution in [3.05, 3.63) is 77.1 Å². The second-order valence-electron chi connectivity index (χ2n) is 12.8. The highest BCUT2D eigenvalue weighted by atomic mass is 19.4. The molecule has 2 aliphatic heterocycles. The Morgan fingerprint density at radius 1 is 1.02 bits per heavy atom. The van der Waals surface area contributed by atoms with Crippen molar-refractivity contribution in [2.24, 2.45) is 11.8 Å². The third-order valence-electron chi connectivity index (χ3n) is 8.86. The van der Waals surface area contributed by atoms with Crippen molar-refractivity contribution in [3.63, 3.8) is 0 Å². The van der Waals surface area contributed by atoms with Gasteiger partial charge in [-0.05, 0) is 62.9 Å². The van der Waals surface area contributed by atoms with Gasteiger partial charge in [-0.2, -0.15) is 13.2 Å². The molecule has 3 heterocycles. The Morgan fingerprint density at radius 2 is 1.73 bits per heavy atom. The quantitative estimate of drug-likeness (QED) is 0.311. The summed E-state index contributed by atoms with van der Waals surface area (Å²) in [5.74, 6) is -4.39. The number of halogens is 5. The monoisotopic (exact) mass is 633 g/mol. The second kappa shape index (κ2) is 12.4. The van der Waals surface area contributed by atoms with E-state index >= 15 is 0 Å². The van der Waals surface area contributed by atoms with E-state index in [1.165, 1.54) is 24.4 Å². The summed E-state index contributed by atoms with van der Waals surface area (Å²) in [5, 5.41) is 12.2. The number of carboxylic acid groups (broad SMARTS) is 1. The lowest BCUT2D eigenvalue weighted by Crippen LogP contribution is -2.40. The number of rotatable bonds is 7. The first-order valence-corrected chi connectivity index (χ1v) is 14.8. The first-order chi connectivity index (χ1) is 21.1. The topological polar surface area (TPSA) is 90.7 Å². The summed E-state index contributed by atoms with van der Waals surface area (Å²) in [6.45, 7) is 7.32. The molecule has 2 fully saturated rings. The summed E-state index contributed by atoms with van der Waals surface area (Å²) in [6.07, 6.45) is -0.893. The van der Waals surface area contributed by atoms with Crippen LogP contribution in [-0.2, 0) is 22.3 Å². The highest BCUT2D eigenvalue weighted by Crippen LogP contribution is 2.39. The Labute approximate surface area is 257 Å². The minimum atomic E-state index is -4.57. The maximum atomic E-state index is 14.9. The molecule has 2 aromatic carbocycles. The van der Waals surface area contributed by atoms with Gasteiger partial charge in [0.1, 0.15) is 11.6 Å². The van der Waals surface area contributed by atoms with E-state index in [0.717, 1.165) is 18.2 Å². The van der Waals surface area contributed by atoms with Gasteiger partial charge in [-0.25, -0.2) is 13.8 Å². The van der Waals surface area contributed by atoms with E-state index in [2.05, 4.69) is 15.2 Å². The van der Waals surface area contributed by atoms with Gasteiger partial charge < -0.3 is 14.6 Å². The summed E-state index contributed by atoms with van der Waals surface area (Å²) in [7, 11) is 0. The molecule has 2 N–H and O–H groups in total. The van der Waals surface area contributed by atoms with Crippen molar-refractivity contribution in [1.29, 1.82) is 0 Å². The number of nitrogens with zero attached hydrogens (tertiary/aromatic N) is 4. The summed E-state index contributed by atoms with van der Waals surface area (Å²) < 4.78 is 71.2. The number of hydrogen-bond acceptors (Lipinski definition) is 5. The van der Waals surface area contributed by atoms with E-state index in [0.29, 0.717) is 37.2 Å². The molecule has 1 aromatic heterocycles. The fourth-order valence-corrected chi connectivity index (χ4v) is 6.22. The van der Waals surface area contributed by atoms with Gasteiger partial charge in [-0.1, -0.05) is 12.1 Å². The number of alkyl halides is 3. The number of amides is 1. The molecule has 0 spiro atoms. The Morgan fingerprint density at radius 3 is 2.36 bits per heavy atom. The van der Waals surface area contributed by atoms with Gasteiger partial charge in [-0.15, -0.1) is 0 Å². The van der Waals surface area contributed by atoms with Crippen LogP contribution in [0.3, 0.4) is 0 Å². The first kappa shape index (κ1) is 32.4. The number of carbonyl (C=O) groups excluding carboxylic acids is 1. The number of aliphatic carboxylic acids is 1. The van der Waals surface area contributed by atoms with Gasteiger partial charge in [0, 0.05) is 61.8 Å². The van der Waals surface area contributed by atoms with Crippen LogP contribution in [0.5, 0.6) is 0 Å². The summed E-state index contributed by atoms with van der Waals surface area (Å²) in [5.41, 5.74) is -0.0169. The number of nitrogens with one attached hydrogen (secondary N) is 1.